The van der Waals surface area contributed by atoms with Gasteiger partial charge < -0.3 is 9.73 Å². The topological polar surface area (TPSA) is 91.2 Å². The molecule has 0 unspecified atom stereocenters. The van der Waals surface area contributed by atoms with Gasteiger partial charge in [-0.2, -0.15) is 5.10 Å². The van der Waals surface area contributed by atoms with Crippen molar-refractivity contribution in [2.45, 2.75) is 12.8 Å². The van der Waals surface area contributed by atoms with Crippen LogP contribution in [0.25, 0.3) is 10.9 Å². The highest BCUT2D eigenvalue weighted by molar-refractivity contribution is 6.05. The Hall–Kier alpha value is -3.09. The Bertz CT molecular complexity index is 900. The second-order valence-corrected chi connectivity index (χ2v) is 6.12. The van der Waals surface area contributed by atoms with Crippen LogP contribution in [0.2, 0.25) is 0 Å². The second kappa shape index (κ2) is 6.43. The van der Waals surface area contributed by atoms with Crippen molar-refractivity contribution >= 4 is 28.5 Å². The number of carbonyl (C=O) groups is 2. The Morgan fingerprint density at radius 3 is 3.04 bits per heavy atom. The van der Waals surface area contributed by atoms with Crippen LogP contribution >= 0.6 is 0 Å². The predicted molar refractivity (Wildman–Crippen MR) is 92.0 cm³/mol. The van der Waals surface area contributed by atoms with E-state index in [2.05, 4.69) is 15.5 Å². The Morgan fingerprint density at radius 1 is 1.32 bits per heavy atom. The van der Waals surface area contributed by atoms with Crippen LogP contribution in [0, 0.1) is 5.92 Å². The van der Waals surface area contributed by atoms with Gasteiger partial charge in [0.25, 0.3) is 0 Å². The molecule has 3 heterocycles. The minimum absolute atomic E-state index is 0.0802. The number of amides is 2. The second-order valence-electron chi connectivity index (χ2n) is 6.12. The highest BCUT2D eigenvalue weighted by Gasteiger charge is 2.36. The number of hydrogen-bond acceptors (Lipinski definition) is 4. The maximum absolute atomic E-state index is 12.4. The first-order valence-corrected chi connectivity index (χ1v) is 8.26. The molecule has 25 heavy (non-hydrogen) atoms. The van der Waals surface area contributed by atoms with Crippen LogP contribution < -0.4 is 10.2 Å². The number of rotatable bonds is 5. The van der Waals surface area contributed by atoms with Crippen molar-refractivity contribution in [3.05, 3.63) is 48.4 Å². The number of anilines is 1. The van der Waals surface area contributed by atoms with E-state index in [9.17, 15) is 9.59 Å². The number of H-pyrrole nitrogens is 1. The summed E-state index contributed by atoms with van der Waals surface area (Å²) < 4.78 is 5.24. The number of fused-ring (bicyclic) bond motifs is 1. The summed E-state index contributed by atoms with van der Waals surface area (Å²) in [5.41, 5.74) is 0.872. The smallest absolute Gasteiger partial charge is 0.229 e. The molecule has 0 aliphatic carbocycles. The number of para-hydroxylation sites is 1. The molecule has 7 nitrogen and oxygen atoms in total. The van der Waals surface area contributed by atoms with Crippen molar-refractivity contribution < 1.29 is 14.0 Å². The van der Waals surface area contributed by atoms with Crippen molar-refractivity contribution in [2.75, 3.05) is 18.0 Å². The van der Waals surface area contributed by atoms with E-state index in [-0.39, 0.29) is 24.2 Å². The number of nitrogens with one attached hydrogen (secondary N) is 2. The number of aromatic nitrogens is 2. The molecule has 7 heteroatoms. The fourth-order valence-electron chi connectivity index (χ4n) is 3.15. The number of carbonyl (C=O) groups excluding carboxylic acids is 2. The molecule has 1 saturated heterocycles. The molecule has 4 rings (SSSR count). The molecule has 0 bridgehead atoms. The van der Waals surface area contributed by atoms with E-state index in [0.29, 0.717) is 25.3 Å². The summed E-state index contributed by atoms with van der Waals surface area (Å²) in [5.74, 6) is 0.865. The van der Waals surface area contributed by atoms with Gasteiger partial charge in [0.1, 0.15) is 5.76 Å². The zero-order chi connectivity index (χ0) is 17.2. The van der Waals surface area contributed by atoms with Crippen molar-refractivity contribution in [3.63, 3.8) is 0 Å². The summed E-state index contributed by atoms with van der Waals surface area (Å²) >= 11 is 0. The van der Waals surface area contributed by atoms with E-state index < -0.39 is 0 Å². The quantitative estimate of drug-likeness (QED) is 0.743. The molecule has 1 aliphatic heterocycles. The van der Waals surface area contributed by atoms with Gasteiger partial charge >= 0.3 is 0 Å². The van der Waals surface area contributed by atoms with Crippen LogP contribution in [0.1, 0.15) is 12.2 Å². The molecule has 3 aromatic rings. The maximum Gasteiger partial charge on any atom is 0.229 e. The first-order chi connectivity index (χ1) is 12.2. The van der Waals surface area contributed by atoms with Crippen LogP contribution in [0.4, 0.5) is 5.82 Å². The number of aromatic amines is 1. The maximum atomic E-state index is 12.4. The van der Waals surface area contributed by atoms with Gasteiger partial charge in [0.2, 0.25) is 11.8 Å². The van der Waals surface area contributed by atoms with Crippen LogP contribution in [-0.4, -0.2) is 35.1 Å². The van der Waals surface area contributed by atoms with Gasteiger partial charge in [-0.25, -0.2) is 0 Å². The fourth-order valence-corrected chi connectivity index (χ4v) is 3.15. The first kappa shape index (κ1) is 15.4. The van der Waals surface area contributed by atoms with E-state index in [1.807, 2.05) is 36.4 Å². The van der Waals surface area contributed by atoms with E-state index in [1.54, 1.807) is 11.2 Å². The Kier molecular flexibility index (Phi) is 3.97. The third-order valence-corrected chi connectivity index (χ3v) is 4.45. The van der Waals surface area contributed by atoms with E-state index in [4.69, 9.17) is 4.42 Å². The highest BCUT2D eigenvalue weighted by Crippen LogP contribution is 2.29. The van der Waals surface area contributed by atoms with E-state index >= 15 is 0 Å². The summed E-state index contributed by atoms with van der Waals surface area (Å²) in [6.45, 7) is 0.836. The zero-order valence-electron chi connectivity index (χ0n) is 13.6. The van der Waals surface area contributed by atoms with Gasteiger partial charge in [0, 0.05) is 31.3 Å². The summed E-state index contributed by atoms with van der Waals surface area (Å²) in [6.07, 6.45) is 2.44. The van der Waals surface area contributed by atoms with Crippen molar-refractivity contribution in [1.29, 1.82) is 0 Å². The summed E-state index contributed by atoms with van der Waals surface area (Å²) in [4.78, 5) is 26.3. The van der Waals surface area contributed by atoms with E-state index in [0.717, 1.165) is 16.7 Å². The zero-order valence-corrected chi connectivity index (χ0v) is 13.6. The standard InChI is InChI=1S/C18H18N4O3/c23-16-10-12(18(24)19-8-7-13-4-3-9-25-13)11-22(16)17-14-5-1-2-6-15(14)20-21-17/h1-6,9,12H,7-8,10-11H2,(H,19,24)(H,20,21)/t12-/m1/s1. The molecule has 1 fully saturated rings. The average molecular weight is 338 g/mol. The molecule has 2 aromatic heterocycles. The van der Waals surface area contributed by atoms with Crippen molar-refractivity contribution in [3.8, 4) is 0 Å². The van der Waals surface area contributed by atoms with Gasteiger partial charge in [-0.05, 0) is 24.3 Å². The van der Waals surface area contributed by atoms with Gasteiger partial charge in [-0.1, -0.05) is 12.1 Å². The lowest BCUT2D eigenvalue weighted by Crippen LogP contribution is -2.34. The molecule has 0 spiro atoms. The van der Waals surface area contributed by atoms with Crippen molar-refractivity contribution in [1.82, 2.24) is 15.5 Å². The molecule has 1 aromatic carbocycles. The number of furan rings is 1. The molecule has 0 radical (unpaired) electrons. The molecular weight excluding hydrogens is 320 g/mol. The molecule has 0 saturated carbocycles. The van der Waals surface area contributed by atoms with Crippen LogP contribution in [0.3, 0.4) is 0 Å². The summed E-state index contributed by atoms with van der Waals surface area (Å²) in [7, 11) is 0. The Morgan fingerprint density at radius 2 is 2.20 bits per heavy atom. The largest absolute Gasteiger partial charge is 0.469 e. The predicted octanol–water partition coefficient (Wildman–Crippen LogP) is 1.87. The van der Waals surface area contributed by atoms with Gasteiger partial charge in [-0.15, -0.1) is 0 Å². The Labute approximate surface area is 144 Å². The monoisotopic (exact) mass is 338 g/mol. The van der Waals surface area contributed by atoms with Gasteiger partial charge in [0.15, 0.2) is 5.82 Å². The number of nitrogens with zero attached hydrogens (tertiary/aromatic N) is 2. The molecule has 1 atom stereocenters. The van der Waals surface area contributed by atoms with Crippen LogP contribution in [0.5, 0.6) is 0 Å². The molecular formula is C18H18N4O3. The third kappa shape index (κ3) is 3.00. The fraction of sp³-hybridized carbons (Fsp3) is 0.278. The van der Waals surface area contributed by atoms with Crippen LogP contribution in [0.15, 0.2) is 47.1 Å². The Balaban J connectivity index is 1.40. The highest BCUT2D eigenvalue weighted by atomic mass is 16.3. The van der Waals surface area contributed by atoms with E-state index in [1.165, 1.54) is 0 Å². The molecule has 2 amide bonds. The minimum atomic E-state index is -0.362. The van der Waals surface area contributed by atoms with Crippen LogP contribution in [-0.2, 0) is 16.0 Å². The lowest BCUT2D eigenvalue weighted by atomic mass is 10.1. The average Bonchev–Trinajstić information content (AvgIpc) is 3.34. The normalized spacial score (nSPS) is 17.4. The molecule has 1 aliphatic rings. The minimum Gasteiger partial charge on any atom is -0.469 e. The number of benzene rings is 1. The summed E-state index contributed by atoms with van der Waals surface area (Å²) in [5, 5.41) is 10.9. The van der Waals surface area contributed by atoms with Crippen molar-refractivity contribution in [2.24, 2.45) is 5.92 Å². The lowest BCUT2D eigenvalue weighted by Gasteiger charge is -2.14. The van der Waals surface area contributed by atoms with Gasteiger partial charge in [-0.3, -0.25) is 19.6 Å². The molecule has 128 valence electrons. The summed E-state index contributed by atoms with van der Waals surface area (Å²) in [6, 6.07) is 11.3. The lowest BCUT2D eigenvalue weighted by molar-refractivity contribution is -0.126. The molecule has 2 N–H and O–H groups in total. The SMILES string of the molecule is O=C(NCCc1ccco1)[C@@H]1CC(=O)N(c2n[nH]c3ccccc23)C1. The third-order valence-electron chi connectivity index (χ3n) is 4.45. The van der Waals surface area contributed by atoms with Gasteiger partial charge in [0.05, 0.1) is 17.7 Å². The number of hydrogen-bond donors (Lipinski definition) is 2. The first-order valence-electron chi connectivity index (χ1n) is 8.26.